The number of hydrogen-bond acceptors (Lipinski definition) is 9. The predicted molar refractivity (Wildman–Crippen MR) is 210 cm³/mol. The first-order valence-electron chi connectivity index (χ1n) is 19.5. The molecular formula is C42H51N7O7. The van der Waals surface area contributed by atoms with Crippen LogP contribution in [-0.2, 0) is 25.5 Å². The van der Waals surface area contributed by atoms with Gasteiger partial charge in [0, 0.05) is 43.4 Å². The van der Waals surface area contributed by atoms with Crippen molar-refractivity contribution in [3.8, 4) is 22.8 Å². The van der Waals surface area contributed by atoms with Gasteiger partial charge in [0.25, 0.3) is 0 Å². The number of likely N-dealkylation sites (tertiary alicyclic amines) is 2. The second-order valence-corrected chi connectivity index (χ2v) is 15.7. The number of allylic oxidation sites excluding steroid dienone is 1. The van der Waals surface area contributed by atoms with Gasteiger partial charge in [-0.05, 0) is 84.0 Å². The van der Waals surface area contributed by atoms with Crippen molar-refractivity contribution in [1.82, 2.24) is 30.4 Å². The van der Waals surface area contributed by atoms with Crippen LogP contribution in [0.3, 0.4) is 0 Å². The lowest BCUT2D eigenvalue weighted by Crippen LogP contribution is -2.53. The van der Waals surface area contributed by atoms with E-state index in [0.717, 1.165) is 76.4 Å². The molecule has 0 spiro atoms. The minimum absolute atomic E-state index is 0.0953. The molecule has 4 atom stereocenters. The van der Waals surface area contributed by atoms with Gasteiger partial charge in [0.2, 0.25) is 11.8 Å². The Morgan fingerprint density at radius 2 is 1.41 bits per heavy atom. The second kappa shape index (κ2) is 16.2. The summed E-state index contributed by atoms with van der Waals surface area (Å²) in [6, 6.07) is 10.7. The van der Waals surface area contributed by atoms with Crippen LogP contribution in [0.2, 0.25) is 0 Å². The first-order chi connectivity index (χ1) is 26.9. The van der Waals surface area contributed by atoms with Crippen molar-refractivity contribution in [3.63, 3.8) is 0 Å². The number of carbonyl (C=O) groups is 4. The SMILES string of the molecule is COC(=O)N[C@H](C(=O)N1CCC[C@H]1C1=NC=C(c2ccc3c(c2)Oc2ccc(-c4cnc([C@@H]5CCCN5C(=O)[C@@H](NC(=O)OC)C(C)C)[nH]4)cc2C3)C1)C(C)C. The molecule has 0 radical (unpaired) electrons. The summed E-state index contributed by atoms with van der Waals surface area (Å²) in [5, 5.41) is 5.42. The van der Waals surface area contributed by atoms with E-state index in [0.29, 0.717) is 31.8 Å². The number of methoxy groups -OCH3 is 2. The third-order valence-corrected chi connectivity index (χ3v) is 11.3. The van der Waals surface area contributed by atoms with E-state index in [-0.39, 0.29) is 35.7 Å². The largest absolute Gasteiger partial charge is 0.457 e. The van der Waals surface area contributed by atoms with Crippen LogP contribution in [0.5, 0.6) is 11.5 Å². The van der Waals surface area contributed by atoms with Crippen molar-refractivity contribution < 1.29 is 33.4 Å². The molecule has 14 nitrogen and oxygen atoms in total. The number of nitrogens with one attached hydrogen (secondary N) is 3. The van der Waals surface area contributed by atoms with Gasteiger partial charge in [-0.25, -0.2) is 14.6 Å². The molecule has 0 bridgehead atoms. The highest BCUT2D eigenvalue weighted by Gasteiger charge is 2.39. The summed E-state index contributed by atoms with van der Waals surface area (Å²) < 4.78 is 16.0. The molecule has 2 aromatic carbocycles. The molecule has 2 fully saturated rings. The number of aromatic amines is 1. The number of amides is 4. The number of imidazole rings is 1. The van der Waals surface area contributed by atoms with Gasteiger partial charge in [-0.2, -0.15) is 0 Å². The van der Waals surface area contributed by atoms with E-state index in [1.54, 1.807) is 0 Å². The molecule has 4 amide bonds. The minimum Gasteiger partial charge on any atom is -0.457 e. The van der Waals surface area contributed by atoms with Crippen LogP contribution in [0.25, 0.3) is 16.8 Å². The molecular weight excluding hydrogens is 715 g/mol. The summed E-state index contributed by atoms with van der Waals surface area (Å²) in [5.74, 6) is 1.85. The highest BCUT2D eigenvalue weighted by Crippen LogP contribution is 2.41. The Bertz CT molecular complexity index is 2070. The van der Waals surface area contributed by atoms with Crippen LogP contribution in [0.4, 0.5) is 9.59 Å². The van der Waals surface area contributed by atoms with E-state index in [2.05, 4.69) is 39.9 Å². The van der Waals surface area contributed by atoms with Crippen LogP contribution in [0.15, 0.2) is 53.8 Å². The zero-order valence-corrected chi connectivity index (χ0v) is 32.9. The van der Waals surface area contributed by atoms with E-state index < -0.39 is 24.3 Å². The van der Waals surface area contributed by atoms with Crippen molar-refractivity contribution in [2.45, 2.75) is 90.4 Å². The smallest absolute Gasteiger partial charge is 0.407 e. The van der Waals surface area contributed by atoms with Crippen LogP contribution >= 0.6 is 0 Å². The van der Waals surface area contributed by atoms with Crippen LogP contribution in [-0.4, -0.2) is 94.9 Å². The molecule has 14 heteroatoms. The van der Waals surface area contributed by atoms with Gasteiger partial charge in [0.1, 0.15) is 29.4 Å². The Kier molecular flexibility index (Phi) is 11.2. The molecule has 1 aromatic heterocycles. The number of nitrogens with zero attached hydrogens (tertiary/aromatic N) is 4. The van der Waals surface area contributed by atoms with Gasteiger partial charge < -0.3 is 39.6 Å². The van der Waals surface area contributed by atoms with E-state index in [1.807, 2.05) is 62.0 Å². The second-order valence-electron chi connectivity index (χ2n) is 15.7. The monoisotopic (exact) mass is 765 g/mol. The Hall–Kier alpha value is -5.66. The molecule has 7 rings (SSSR count). The lowest BCUT2D eigenvalue weighted by Gasteiger charge is -2.31. The minimum atomic E-state index is -0.695. The van der Waals surface area contributed by atoms with Gasteiger partial charge in [0.15, 0.2) is 0 Å². The Labute approximate surface area is 327 Å². The third kappa shape index (κ3) is 7.74. The number of rotatable bonds is 10. The molecule has 5 heterocycles. The lowest BCUT2D eigenvalue weighted by molar-refractivity contribution is -0.135. The van der Waals surface area contributed by atoms with Gasteiger partial charge >= 0.3 is 12.2 Å². The van der Waals surface area contributed by atoms with Crippen molar-refractivity contribution in [3.05, 3.63) is 71.3 Å². The first-order valence-corrected chi connectivity index (χ1v) is 19.5. The number of alkyl carbamates (subject to hydrolysis) is 2. The quantitative estimate of drug-likeness (QED) is 0.167. The topological polar surface area (TPSA) is 168 Å². The summed E-state index contributed by atoms with van der Waals surface area (Å²) in [6.45, 7) is 8.83. The van der Waals surface area contributed by atoms with E-state index in [1.165, 1.54) is 14.2 Å². The van der Waals surface area contributed by atoms with Crippen molar-refractivity contribution in [2.24, 2.45) is 16.8 Å². The molecule has 3 N–H and O–H groups in total. The van der Waals surface area contributed by atoms with Crippen molar-refractivity contribution in [1.29, 1.82) is 0 Å². The summed E-state index contributed by atoms with van der Waals surface area (Å²) in [7, 11) is 2.59. The van der Waals surface area contributed by atoms with E-state index >= 15 is 0 Å². The molecule has 4 aliphatic rings. The molecule has 2 saturated heterocycles. The summed E-state index contributed by atoms with van der Waals surface area (Å²) in [5.41, 5.74) is 7.00. The van der Waals surface area contributed by atoms with Crippen molar-refractivity contribution >= 4 is 35.3 Å². The van der Waals surface area contributed by atoms with Crippen LogP contribution in [0, 0.1) is 11.8 Å². The normalized spacial score (nSPS) is 19.8. The number of hydrogen-bond donors (Lipinski definition) is 3. The maximum absolute atomic E-state index is 13.6. The maximum Gasteiger partial charge on any atom is 0.407 e. The van der Waals surface area contributed by atoms with Gasteiger partial charge in [-0.15, -0.1) is 0 Å². The van der Waals surface area contributed by atoms with Gasteiger partial charge in [-0.1, -0.05) is 39.8 Å². The molecule has 0 aliphatic carbocycles. The number of ether oxygens (including phenoxy) is 3. The average Bonchev–Trinajstić information content (AvgIpc) is 4.03. The number of H-pyrrole nitrogens is 1. The molecule has 56 heavy (non-hydrogen) atoms. The lowest BCUT2D eigenvalue weighted by atomic mass is 9.93. The Morgan fingerprint density at radius 1 is 0.786 bits per heavy atom. The molecule has 3 aromatic rings. The number of aliphatic imine (C=N–C) groups is 1. The van der Waals surface area contributed by atoms with E-state index in [4.69, 9.17) is 24.2 Å². The van der Waals surface area contributed by atoms with Crippen LogP contribution < -0.4 is 15.4 Å². The molecule has 0 saturated carbocycles. The highest BCUT2D eigenvalue weighted by molar-refractivity contribution is 6.04. The molecule has 4 aliphatic heterocycles. The summed E-state index contributed by atoms with van der Waals surface area (Å²) in [6.07, 6.45) is 7.11. The average molecular weight is 766 g/mol. The third-order valence-electron chi connectivity index (χ3n) is 11.3. The number of benzene rings is 2. The first kappa shape index (κ1) is 38.6. The zero-order chi connectivity index (χ0) is 39.7. The predicted octanol–water partition coefficient (Wildman–Crippen LogP) is 6.37. The molecule has 296 valence electrons. The van der Waals surface area contributed by atoms with Gasteiger partial charge in [-0.3, -0.25) is 14.6 Å². The number of carbonyl (C=O) groups excluding carboxylic acids is 4. The Morgan fingerprint density at radius 3 is 2.05 bits per heavy atom. The highest BCUT2D eigenvalue weighted by atomic mass is 16.5. The van der Waals surface area contributed by atoms with Crippen molar-refractivity contribution in [2.75, 3.05) is 27.3 Å². The molecule has 0 unspecified atom stereocenters. The fourth-order valence-corrected chi connectivity index (χ4v) is 8.23. The summed E-state index contributed by atoms with van der Waals surface area (Å²) >= 11 is 0. The summed E-state index contributed by atoms with van der Waals surface area (Å²) in [4.78, 5) is 67.8. The van der Waals surface area contributed by atoms with Gasteiger partial charge in [0.05, 0.1) is 38.2 Å². The fraction of sp³-hybridized carbons (Fsp3) is 0.476. The van der Waals surface area contributed by atoms with Crippen LogP contribution in [0.1, 0.15) is 88.4 Å². The van der Waals surface area contributed by atoms with E-state index in [9.17, 15) is 19.2 Å². The number of aromatic nitrogens is 2. The standard InChI is InChI=1S/C42H51N7O7/c1-23(2)36(46-41(52)54-5)39(50)48-15-7-9-32(48)30-19-29(21-43-30)25-11-12-27-18-28-17-26(13-14-34(28)56-35(27)20-25)31-22-44-38(45-31)33-10-8-16-49(33)40(51)37(24(3)4)47-42(53)55-6/h11-14,17,20-24,32-33,36-37H,7-10,15-16,18-19H2,1-6H3,(H,44,45)(H,46,52)(H,47,53)/t32-,33-,36-,37-/m0/s1. The Balaban J connectivity index is 1.00. The number of fused-ring (bicyclic) bond motifs is 2. The zero-order valence-electron chi connectivity index (χ0n) is 32.9. The maximum atomic E-state index is 13.6. The fourth-order valence-electron chi connectivity index (χ4n) is 8.23.